The van der Waals surface area contributed by atoms with Crippen molar-refractivity contribution in [3.8, 4) is 0 Å². The zero-order chi connectivity index (χ0) is 13.4. The zero-order valence-corrected chi connectivity index (χ0v) is 12.5. The quantitative estimate of drug-likeness (QED) is 0.890. The Morgan fingerprint density at radius 1 is 1.32 bits per heavy atom. The molecule has 100 valence electrons. The molecule has 3 rings (SSSR count). The zero-order valence-electron chi connectivity index (χ0n) is 10.2. The molecule has 2 heterocycles. The van der Waals surface area contributed by atoms with Crippen molar-refractivity contribution in [2.24, 2.45) is 5.73 Å². The molecule has 1 aliphatic heterocycles. The Morgan fingerprint density at radius 3 is 2.95 bits per heavy atom. The van der Waals surface area contributed by atoms with E-state index >= 15 is 0 Å². The lowest BCUT2D eigenvalue weighted by molar-refractivity contribution is 0.624. The number of fused-ring (bicyclic) bond motifs is 1. The van der Waals surface area contributed by atoms with Gasteiger partial charge in [-0.05, 0) is 47.6 Å². The van der Waals surface area contributed by atoms with Crippen LogP contribution in [0.2, 0.25) is 5.02 Å². The maximum absolute atomic E-state index is 13.3. The number of rotatable bonds is 2. The first-order chi connectivity index (χ1) is 9.15. The van der Waals surface area contributed by atoms with Crippen molar-refractivity contribution in [2.45, 2.75) is 18.2 Å². The summed E-state index contributed by atoms with van der Waals surface area (Å²) in [6.45, 7) is 0. The molecule has 0 bridgehead atoms. The molecule has 2 N–H and O–H groups in total. The summed E-state index contributed by atoms with van der Waals surface area (Å²) in [5.74, 6) is 1.92. The third kappa shape index (κ3) is 2.68. The topological polar surface area (TPSA) is 26.0 Å². The smallest absolute Gasteiger partial charge is 0.123 e. The van der Waals surface area contributed by atoms with Crippen LogP contribution >= 0.6 is 34.7 Å². The third-order valence-electron chi connectivity index (χ3n) is 3.25. The second kappa shape index (κ2) is 5.44. The van der Waals surface area contributed by atoms with E-state index in [4.69, 9.17) is 17.3 Å². The van der Waals surface area contributed by atoms with E-state index in [1.165, 1.54) is 28.3 Å². The number of hydrogen-bond donors (Lipinski definition) is 1. The van der Waals surface area contributed by atoms with Crippen LogP contribution in [0.1, 0.15) is 26.9 Å². The highest BCUT2D eigenvalue weighted by Crippen LogP contribution is 2.37. The van der Waals surface area contributed by atoms with E-state index in [0.717, 1.165) is 17.1 Å². The number of aryl methyl sites for hydroxylation is 1. The summed E-state index contributed by atoms with van der Waals surface area (Å²) >= 11 is 9.80. The van der Waals surface area contributed by atoms with Gasteiger partial charge in [0.15, 0.2) is 0 Å². The normalized spacial score (nSPS) is 16.2. The summed E-state index contributed by atoms with van der Waals surface area (Å²) in [6, 6.07) is 6.16. The lowest BCUT2D eigenvalue weighted by Crippen LogP contribution is -2.11. The minimum Gasteiger partial charge on any atom is -0.320 e. The molecule has 1 unspecified atom stereocenters. The van der Waals surface area contributed by atoms with Crippen molar-refractivity contribution in [3.63, 3.8) is 0 Å². The molecule has 1 nitrogen and oxygen atoms in total. The van der Waals surface area contributed by atoms with E-state index in [0.29, 0.717) is 10.6 Å². The van der Waals surface area contributed by atoms with E-state index < -0.39 is 0 Å². The molecule has 1 aliphatic rings. The molecule has 0 saturated carbocycles. The van der Waals surface area contributed by atoms with E-state index in [-0.39, 0.29) is 11.9 Å². The molecule has 0 saturated heterocycles. The van der Waals surface area contributed by atoms with Gasteiger partial charge in [-0.25, -0.2) is 4.39 Å². The predicted octanol–water partition coefficient (Wildman–Crippen LogP) is 4.38. The Hall–Kier alpha value is -0.550. The average Bonchev–Trinajstić information content (AvgIpc) is 2.84. The van der Waals surface area contributed by atoms with Gasteiger partial charge < -0.3 is 5.73 Å². The number of benzene rings is 1. The lowest BCUT2D eigenvalue weighted by Gasteiger charge is -2.12. The van der Waals surface area contributed by atoms with Crippen LogP contribution in [0, 0.1) is 5.82 Å². The molecule has 2 aromatic rings. The summed E-state index contributed by atoms with van der Waals surface area (Å²) in [5.41, 5.74) is 8.28. The van der Waals surface area contributed by atoms with Crippen molar-refractivity contribution < 1.29 is 4.39 Å². The Balaban J connectivity index is 1.97. The predicted molar refractivity (Wildman–Crippen MR) is 81.6 cm³/mol. The van der Waals surface area contributed by atoms with Gasteiger partial charge in [-0.15, -0.1) is 11.3 Å². The second-order valence-corrected chi connectivity index (χ2v) is 7.22. The summed E-state index contributed by atoms with van der Waals surface area (Å²) in [7, 11) is 0. The number of thiophene rings is 1. The highest BCUT2D eigenvalue weighted by molar-refractivity contribution is 7.98. The van der Waals surface area contributed by atoms with Crippen LogP contribution in [0.25, 0.3) is 0 Å². The summed E-state index contributed by atoms with van der Waals surface area (Å²) in [4.78, 5) is 2.48. The molecule has 1 atom stereocenters. The third-order valence-corrected chi connectivity index (χ3v) is 5.92. The minimum absolute atomic E-state index is 0.299. The number of thioether (sulfide) groups is 1. The monoisotopic (exact) mass is 313 g/mol. The molecule has 1 aromatic heterocycles. The Kier molecular flexibility index (Phi) is 3.85. The first-order valence-corrected chi connectivity index (χ1v) is 8.40. The maximum atomic E-state index is 13.3. The summed E-state index contributed by atoms with van der Waals surface area (Å²) < 4.78 is 13.3. The number of nitrogens with two attached hydrogens (primary N) is 1. The van der Waals surface area contributed by atoms with Gasteiger partial charge in [-0.1, -0.05) is 11.6 Å². The van der Waals surface area contributed by atoms with Crippen molar-refractivity contribution >= 4 is 34.7 Å². The summed E-state index contributed by atoms with van der Waals surface area (Å²) in [5, 5.41) is 0.523. The van der Waals surface area contributed by atoms with Gasteiger partial charge >= 0.3 is 0 Å². The Bertz CT molecular complexity index is 588. The molecule has 0 radical (unpaired) electrons. The molecule has 1 aromatic carbocycles. The lowest BCUT2D eigenvalue weighted by atomic mass is 10.1. The standard InChI is InChI=1S/C14H13ClFNS2/c15-11-2-1-9(16)6-10(11)14(17)13-5-8-7-18-4-3-12(8)19-13/h1-2,5-6,14H,3-4,7,17H2. The highest BCUT2D eigenvalue weighted by Gasteiger charge is 2.20. The van der Waals surface area contributed by atoms with E-state index in [1.807, 2.05) is 11.8 Å². The van der Waals surface area contributed by atoms with E-state index in [2.05, 4.69) is 6.07 Å². The van der Waals surface area contributed by atoms with Crippen molar-refractivity contribution in [1.29, 1.82) is 0 Å². The van der Waals surface area contributed by atoms with Crippen molar-refractivity contribution in [3.05, 3.63) is 56.0 Å². The molecule has 0 aliphatic carbocycles. The molecule has 0 spiro atoms. The molecule has 19 heavy (non-hydrogen) atoms. The molecular formula is C14H13ClFNS2. The fourth-order valence-corrected chi connectivity index (χ4v) is 4.86. The van der Waals surface area contributed by atoms with Crippen LogP contribution < -0.4 is 5.73 Å². The SMILES string of the molecule is NC(c1cc2c(s1)CCSC2)c1cc(F)ccc1Cl. The highest BCUT2D eigenvalue weighted by atomic mass is 35.5. The fraction of sp³-hybridized carbons (Fsp3) is 0.286. The van der Waals surface area contributed by atoms with Crippen LogP contribution in [-0.4, -0.2) is 5.75 Å². The minimum atomic E-state index is -0.344. The summed E-state index contributed by atoms with van der Waals surface area (Å²) in [6.07, 6.45) is 1.11. The Labute approximate surface area is 125 Å². The van der Waals surface area contributed by atoms with Crippen LogP contribution in [0.3, 0.4) is 0 Å². The second-order valence-electron chi connectivity index (χ2n) is 4.54. The fourth-order valence-electron chi connectivity index (χ4n) is 2.23. The molecule has 5 heteroatoms. The van der Waals surface area contributed by atoms with Crippen LogP contribution in [0.4, 0.5) is 4.39 Å². The number of halogens is 2. The Morgan fingerprint density at radius 2 is 2.16 bits per heavy atom. The largest absolute Gasteiger partial charge is 0.320 e. The first kappa shape index (κ1) is 13.4. The van der Waals surface area contributed by atoms with E-state index in [1.54, 1.807) is 17.4 Å². The van der Waals surface area contributed by atoms with E-state index in [9.17, 15) is 4.39 Å². The van der Waals surface area contributed by atoms with Crippen molar-refractivity contribution in [1.82, 2.24) is 0 Å². The van der Waals surface area contributed by atoms with Gasteiger partial charge in [0.2, 0.25) is 0 Å². The van der Waals surface area contributed by atoms with Crippen LogP contribution in [-0.2, 0) is 12.2 Å². The van der Waals surface area contributed by atoms with Gasteiger partial charge in [-0.2, -0.15) is 11.8 Å². The van der Waals surface area contributed by atoms with Crippen molar-refractivity contribution in [2.75, 3.05) is 5.75 Å². The van der Waals surface area contributed by atoms with Gasteiger partial charge in [0.25, 0.3) is 0 Å². The molecule has 0 amide bonds. The average molecular weight is 314 g/mol. The van der Waals surface area contributed by atoms with Crippen LogP contribution in [0.15, 0.2) is 24.3 Å². The maximum Gasteiger partial charge on any atom is 0.123 e. The molecule has 0 fully saturated rings. The van der Waals surface area contributed by atoms with Gasteiger partial charge in [-0.3, -0.25) is 0 Å². The van der Waals surface area contributed by atoms with Gasteiger partial charge in [0.05, 0.1) is 6.04 Å². The van der Waals surface area contributed by atoms with Gasteiger partial charge in [0.1, 0.15) is 5.82 Å². The van der Waals surface area contributed by atoms with Gasteiger partial charge in [0, 0.05) is 20.5 Å². The first-order valence-electron chi connectivity index (χ1n) is 6.05. The molecular weight excluding hydrogens is 301 g/mol. The van der Waals surface area contributed by atoms with Crippen LogP contribution in [0.5, 0.6) is 0 Å². The number of hydrogen-bond acceptors (Lipinski definition) is 3.